The van der Waals surface area contributed by atoms with E-state index in [9.17, 15) is 9.18 Å². The summed E-state index contributed by atoms with van der Waals surface area (Å²) in [6, 6.07) is 15.9. The van der Waals surface area contributed by atoms with E-state index in [1.807, 2.05) is 31.2 Å². The number of anilines is 1. The molecule has 0 aliphatic heterocycles. The summed E-state index contributed by atoms with van der Waals surface area (Å²) in [5.41, 5.74) is 4.21. The highest BCUT2D eigenvalue weighted by atomic mass is 32.2. The van der Waals surface area contributed by atoms with Gasteiger partial charge in [0.05, 0.1) is 11.9 Å². The number of carbonyl (C=O) groups excluding carboxylic acids is 1. The van der Waals surface area contributed by atoms with Crippen molar-refractivity contribution in [3.05, 3.63) is 83.3 Å². The van der Waals surface area contributed by atoms with Crippen LogP contribution in [-0.4, -0.2) is 38.6 Å². The first kappa shape index (κ1) is 22.8. The Labute approximate surface area is 196 Å². The van der Waals surface area contributed by atoms with E-state index in [1.165, 1.54) is 6.07 Å². The number of halogens is 1. The number of hydrogen-bond acceptors (Lipinski definition) is 5. The maximum absolute atomic E-state index is 14.4. The van der Waals surface area contributed by atoms with Crippen LogP contribution >= 0.6 is 11.8 Å². The van der Waals surface area contributed by atoms with E-state index >= 15 is 0 Å². The Morgan fingerprint density at radius 3 is 2.70 bits per heavy atom. The molecule has 0 fully saturated rings. The number of nitrogens with zero attached hydrogens (tertiary/aromatic N) is 3. The van der Waals surface area contributed by atoms with E-state index in [0.717, 1.165) is 22.6 Å². The van der Waals surface area contributed by atoms with Crippen LogP contribution in [0.1, 0.15) is 28.4 Å². The Morgan fingerprint density at radius 2 is 1.94 bits per heavy atom. The molecule has 0 bridgehead atoms. The Balaban J connectivity index is 1.50. The molecule has 4 aromatic rings. The highest BCUT2D eigenvalue weighted by Gasteiger charge is 2.13. The normalized spacial score (nSPS) is 11.0. The molecule has 0 radical (unpaired) electrons. The van der Waals surface area contributed by atoms with E-state index in [0.29, 0.717) is 41.4 Å². The van der Waals surface area contributed by atoms with Gasteiger partial charge < -0.3 is 10.6 Å². The standard InChI is InChI=1S/C25H26FN5OS/c1-3-33-13-12-27-25(32)19-10-8-18(9-11-19)16-28-23-14-22(20-6-4-5-7-21(20)26)30-24-17(2)15-29-31(23)24/h4-11,14-15,28H,3,12-13,16H2,1-2H3,(H,27,32). The van der Waals surface area contributed by atoms with Crippen molar-refractivity contribution in [2.45, 2.75) is 20.4 Å². The average molecular weight is 464 g/mol. The first-order valence-corrected chi connectivity index (χ1v) is 12.0. The number of fused-ring (bicyclic) bond motifs is 1. The van der Waals surface area contributed by atoms with Gasteiger partial charge in [-0.3, -0.25) is 4.79 Å². The van der Waals surface area contributed by atoms with E-state index < -0.39 is 0 Å². The van der Waals surface area contributed by atoms with Gasteiger partial charge in [0.15, 0.2) is 5.65 Å². The third-order valence-corrected chi connectivity index (χ3v) is 6.12. The smallest absolute Gasteiger partial charge is 0.251 e. The fraction of sp³-hybridized carbons (Fsp3) is 0.240. The molecule has 0 saturated carbocycles. The fourth-order valence-electron chi connectivity index (χ4n) is 3.46. The molecule has 2 aromatic carbocycles. The summed E-state index contributed by atoms with van der Waals surface area (Å²) in [5.74, 6) is 2.28. The summed E-state index contributed by atoms with van der Waals surface area (Å²) in [6.07, 6.45) is 1.74. The summed E-state index contributed by atoms with van der Waals surface area (Å²) in [5, 5.41) is 10.7. The van der Waals surface area contributed by atoms with E-state index in [2.05, 4.69) is 27.6 Å². The van der Waals surface area contributed by atoms with Gasteiger partial charge in [0.1, 0.15) is 11.6 Å². The maximum Gasteiger partial charge on any atom is 0.251 e. The van der Waals surface area contributed by atoms with E-state index in [4.69, 9.17) is 0 Å². The van der Waals surface area contributed by atoms with Gasteiger partial charge in [-0.25, -0.2) is 9.37 Å². The van der Waals surface area contributed by atoms with Gasteiger partial charge >= 0.3 is 0 Å². The molecule has 0 saturated heterocycles. The van der Waals surface area contributed by atoms with Crippen molar-refractivity contribution in [2.75, 3.05) is 23.4 Å². The highest BCUT2D eigenvalue weighted by molar-refractivity contribution is 7.99. The molecule has 33 heavy (non-hydrogen) atoms. The van der Waals surface area contributed by atoms with Crippen LogP contribution in [0.15, 0.2) is 60.8 Å². The van der Waals surface area contributed by atoms with Crippen molar-refractivity contribution in [3.63, 3.8) is 0 Å². The molecule has 4 rings (SSSR count). The maximum atomic E-state index is 14.4. The van der Waals surface area contributed by atoms with Crippen molar-refractivity contribution < 1.29 is 9.18 Å². The first-order valence-electron chi connectivity index (χ1n) is 10.9. The van der Waals surface area contributed by atoms with Crippen LogP contribution in [0.3, 0.4) is 0 Å². The van der Waals surface area contributed by atoms with Crippen LogP contribution in [0.25, 0.3) is 16.9 Å². The zero-order valence-electron chi connectivity index (χ0n) is 18.6. The number of benzene rings is 2. The third kappa shape index (κ3) is 5.34. The van der Waals surface area contributed by atoms with Crippen molar-refractivity contribution in [1.82, 2.24) is 19.9 Å². The molecule has 0 spiro atoms. The van der Waals surface area contributed by atoms with Crippen LogP contribution in [-0.2, 0) is 6.54 Å². The minimum absolute atomic E-state index is 0.0661. The lowest BCUT2D eigenvalue weighted by molar-refractivity contribution is 0.0956. The Bertz CT molecular complexity index is 1260. The predicted molar refractivity (Wildman–Crippen MR) is 132 cm³/mol. The summed E-state index contributed by atoms with van der Waals surface area (Å²) >= 11 is 1.80. The topological polar surface area (TPSA) is 71.3 Å². The van der Waals surface area contributed by atoms with Crippen LogP contribution in [0.2, 0.25) is 0 Å². The second-order valence-corrected chi connectivity index (χ2v) is 8.97. The van der Waals surface area contributed by atoms with Crippen molar-refractivity contribution in [1.29, 1.82) is 0 Å². The molecule has 0 aliphatic carbocycles. The molecule has 2 N–H and O–H groups in total. The number of nitrogens with one attached hydrogen (secondary N) is 2. The van der Waals surface area contributed by atoms with E-state index in [1.54, 1.807) is 46.7 Å². The molecule has 0 aliphatic rings. The third-order valence-electron chi connectivity index (χ3n) is 5.22. The van der Waals surface area contributed by atoms with Crippen LogP contribution in [0.5, 0.6) is 0 Å². The molecule has 8 heteroatoms. The van der Waals surface area contributed by atoms with E-state index in [-0.39, 0.29) is 11.7 Å². The first-order chi connectivity index (χ1) is 16.1. The minimum atomic E-state index is -0.320. The van der Waals surface area contributed by atoms with Crippen LogP contribution < -0.4 is 10.6 Å². The minimum Gasteiger partial charge on any atom is -0.366 e. The predicted octanol–water partition coefficient (Wildman–Crippen LogP) is 4.94. The van der Waals surface area contributed by atoms with Gasteiger partial charge in [0.2, 0.25) is 0 Å². The second-order valence-electron chi connectivity index (χ2n) is 7.57. The van der Waals surface area contributed by atoms with Gasteiger partial charge in [-0.05, 0) is 42.5 Å². The molecule has 0 unspecified atom stereocenters. The second kappa shape index (κ2) is 10.5. The highest BCUT2D eigenvalue weighted by Crippen LogP contribution is 2.26. The number of amides is 1. The monoisotopic (exact) mass is 463 g/mol. The average Bonchev–Trinajstić information content (AvgIpc) is 3.21. The molecule has 0 atom stereocenters. The van der Waals surface area contributed by atoms with Gasteiger partial charge in [-0.2, -0.15) is 21.4 Å². The number of carbonyl (C=O) groups is 1. The lowest BCUT2D eigenvalue weighted by Gasteiger charge is -2.12. The number of rotatable bonds is 9. The van der Waals surface area contributed by atoms with Gasteiger partial charge in [0, 0.05) is 41.6 Å². The van der Waals surface area contributed by atoms with Gasteiger partial charge in [-0.15, -0.1) is 0 Å². The largest absolute Gasteiger partial charge is 0.366 e. The summed E-state index contributed by atoms with van der Waals surface area (Å²) in [7, 11) is 0. The zero-order valence-corrected chi connectivity index (χ0v) is 19.5. The summed E-state index contributed by atoms with van der Waals surface area (Å²) in [6.45, 7) is 5.20. The van der Waals surface area contributed by atoms with Gasteiger partial charge in [0.25, 0.3) is 5.91 Å². The molecule has 2 heterocycles. The molecule has 2 aromatic heterocycles. The van der Waals surface area contributed by atoms with Crippen molar-refractivity contribution in [3.8, 4) is 11.3 Å². The number of aromatic nitrogens is 3. The number of hydrogen-bond donors (Lipinski definition) is 2. The van der Waals surface area contributed by atoms with Crippen LogP contribution in [0.4, 0.5) is 10.2 Å². The Hall–Kier alpha value is -3.39. The Kier molecular flexibility index (Phi) is 7.24. The lowest BCUT2D eigenvalue weighted by Crippen LogP contribution is -2.25. The quantitative estimate of drug-likeness (QED) is 0.344. The fourth-order valence-corrected chi connectivity index (χ4v) is 3.99. The molecule has 6 nitrogen and oxygen atoms in total. The molecule has 1 amide bonds. The molecular formula is C25H26FN5OS. The number of thioether (sulfide) groups is 1. The van der Waals surface area contributed by atoms with Crippen molar-refractivity contribution >= 4 is 29.1 Å². The number of aryl methyl sites for hydroxylation is 1. The lowest BCUT2D eigenvalue weighted by atomic mass is 10.1. The molecule has 170 valence electrons. The van der Waals surface area contributed by atoms with Gasteiger partial charge in [-0.1, -0.05) is 31.2 Å². The van der Waals surface area contributed by atoms with Crippen molar-refractivity contribution in [2.24, 2.45) is 0 Å². The zero-order chi connectivity index (χ0) is 23.2. The summed E-state index contributed by atoms with van der Waals surface area (Å²) in [4.78, 5) is 16.9. The Morgan fingerprint density at radius 1 is 1.15 bits per heavy atom. The summed E-state index contributed by atoms with van der Waals surface area (Å²) < 4.78 is 16.1. The molecular weight excluding hydrogens is 437 g/mol. The SMILES string of the molecule is CCSCCNC(=O)c1ccc(CNc2cc(-c3ccccc3F)nc3c(C)cnn23)cc1. The van der Waals surface area contributed by atoms with Crippen LogP contribution in [0, 0.1) is 12.7 Å².